The van der Waals surface area contributed by atoms with Gasteiger partial charge in [0, 0.05) is 0 Å². The van der Waals surface area contributed by atoms with Crippen molar-refractivity contribution < 1.29 is 9.47 Å². The Morgan fingerprint density at radius 2 is 2.00 bits per heavy atom. The molecule has 0 unspecified atom stereocenters. The molecule has 0 aliphatic carbocycles. The zero-order valence-corrected chi connectivity index (χ0v) is 6.46. The van der Waals surface area contributed by atoms with Gasteiger partial charge in [0.25, 0.3) is 0 Å². The van der Waals surface area contributed by atoms with Gasteiger partial charge in [0.15, 0.2) is 0 Å². The van der Waals surface area contributed by atoms with Crippen molar-refractivity contribution in [3.63, 3.8) is 0 Å². The van der Waals surface area contributed by atoms with Gasteiger partial charge in [-0.2, -0.15) is 0 Å². The molecule has 0 amide bonds. The Balaban J connectivity index is 2.43. The Bertz CT molecular complexity index is 273. The van der Waals surface area contributed by atoms with E-state index in [1.54, 1.807) is 0 Å². The van der Waals surface area contributed by atoms with Crippen LogP contribution in [0.15, 0.2) is 12.0 Å². The molecule has 11 heavy (non-hydrogen) atoms. The third kappa shape index (κ3) is 1.23. The molecule has 0 saturated heterocycles. The van der Waals surface area contributed by atoms with Crippen molar-refractivity contribution in [1.82, 2.24) is 0 Å². The number of aryl methyl sites for hydroxylation is 1. The van der Waals surface area contributed by atoms with Crippen molar-refractivity contribution in [2.45, 2.75) is 6.92 Å². The van der Waals surface area contributed by atoms with E-state index in [1.165, 1.54) is 5.46 Å². The van der Waals surface area contributed by atoms with E-state index in [4.69, 9.17) is 9.47 Å². The number of hydrogen-bond acceptors (Lipinski definition) is 2. The van der Waals surface area contributed by atoms with E-state index >= 15 is 0 Å². The molecule has 0 aromatic carbocycles. The third-order valence-corrected chi connectivity index (χ3v) is 1.70. The number of hydrogen-bond donors (Lipinski definition) is 0. The van der Waals surface area contributed by atoms with Crippen molar-refractivity contribution >= 4 is 6.91 Å². The first-order valence-corrected chi connectivity index (χ1v) is 3.72. The molecule has 2 rings (SSSR count). The van der Waals surface area contributed by atoms with Crippen LogP contribution in [0.25, 0.3) is 0 Å². The summed E-state index contributed by atoms with van der Waals surface area (Å²) in [5.41, 5.74) is 1.20. The average molecular weight is 148 g/mol. The van der Waals surface area contributed by atoms with Crippen LogP contribution in [0.5, 0.6) is 11.5 Å². The first-order chi connectivity index (χ1) is 5.36. The standard InChI is InChI=1S/C8H9BO2/c1-6-4-7-8(5-9-6)11-3-2-10-7/h4-5H,2-3H2,1H3. The molecule has 0 atom stereocenters. The van der Waals surface area contributed by atoms with Crippen molar-refractivity contribution in [1.29, 1.82) is 0 Å². The van der Waals surface area contributed by atoms with E-state index in [2.05, 4.69) is 0 Å². The summed E-state index contributed by atoms with van der Waals surface area (Å²) in [6, 6.07) is 1.99. The van der Waals surface area contributed by atoms with Gasteiger partial charge in [-0.1, -0.05) is 0 Å². The minimum absolute atomic E-state index is 0.663. The number of fused-ring (bicyclic) bond motifs is 1. The molecular formula is C8H9BO2. The first-order valence-electron chi connectivity index (χ1n) is 3.72. The van der Waals surface area contributed by atoms with E-state index in [9.17, 15) is 0 Å². The summed E-state index contributed by atoms with van der Waals surface area (Å²) in [6.45, 7) is 5.39. The second kappa shape index (κ2) is 2.57. The summed E-state index contributed by atoms with van der Waals surface area (Å²) in [6.07, 6.45) is 0. The zero-order valence-electron chi connectivity index (χ0n) is 6.46. The van der Waals surface area contributed by atoms with E-state index < -0.39 is 0 Å². The molecular weight excluding hydrogens is 139 g/mol. The predicted octanol–water partition coefficient (Wildman–Crippen LogP) is 1.10. The van der Waals surface area contributed by atoms with Crippen LogP contribution in [-0.4, -0.2) is 20.1 Å². The van der Waals surface area contributed by atoms with Gasteiger partial charge in [0.05, 0.1) is 0 Å². The molecule has 2 nitrogen and oxygen atoms in total. The summed E-state index contributed by atoms with van der Waals surface area (Å²) in [5.74, 6) is 3.68. The van der Waals surface area contributed by atoms with Gasteiger partial charge in [-0.15, -0.1) is 0 Å². The third-order valence-electron chi connectivity index (χ3n) is 1.70. The molecule has 0 spiro atoms. The Labute approximate surface area is 66.3 Å². The Morgan fingerprint density at radius 1 is 1.27 bits per heavy atom. The van der Waals surface area contributed by atoms with Crippen LogP contribution in [0.4, 0.5) is 0 Å². The Kier molecular flexibility index (Phi) is 1.57. The van der Waals surface area contributed by atoms with Crippen LogP contribution in [0, 0.1) is 6.92 Å². The molecule has 0 saturated carbocycles. The zero-order chi connectivity index (χ0) is 7.68. The SMILES string of the molecule is Cc1bcc2c(c1)OCCO2. The average Bonchev–Trinajstić information content (AvgIpc) is 2.04. The summed E-state index contributed by atoms with van der Waals surface area (Å²) in [4.78, 5) is 0. The van der Waals surface area contributed by atoms with Crippen LogP contribution in [0.3, 0.4) is 0 Å². The molecule has 0 N–H and O–H groups in total. The summed E-state index contributed by atoms with van der Waals surface area (Å²) in [7, 11) is 0. The normalized spacial score (nSPS) is 14.3. The molecule has 2 heterocycles. The summed E-state index contributed by atoms with van der Waals surface area (Å²) >= 11 is 0. The van der Waals surface area contributed by atoms with Gasteiger partial charge in [0.2, 0.25) is 0 Å². The summed E-state index contributed by atoms with van der Waals surface area (Å²) in [5, 5.41) is 0. The summed E-state index contributed by atoms with van der Waals surface area (Å²) < 4.78 is 10.7. The second-order valence-corrected chi connectivity index (χ2v) is 2.65. The van der Waals surface area contributed by atoms with Crippen molar-refractivity contribution in [2.75, 3.05) is 13.2 Å². The quantitative estimate of drug-likeness (QED) is 0.548. The van der Waals surface area contributed by atoms with Crippen LogP contribution >= 0.6 is 0 Å². The van der Waals surface area contributed by atoms with Gasteiger partial charge in [-0.3, -0.25) is 0 Å². The van der Waals surface area contributed by atoms with Gasteiger partial charge in [0.1, 0.15) is 0 Å². The molecule has 1 aromatic heterocycles. The molecule has 56 valence electrons. The first kappa shape index (κ1) is 6.71. The van der Waals surface area contributed by atoms with Crippen LogP contribution in [0.2, 0.25) is 0 Å². The maximum absolute atomic E-state index is 5.38. The monoisotopic (exact) mass is 148 g/mol. The van der Waals surface area contributed by atoms with E-state index in [1.807, 2.05) is 25.9 Å². The van der Waals surface area contributed by atoms with Crippen molar-refractivity contribution in [3.05, 3.63) is 17.5 Å². The molecule has 0 fully saturated rings. The molecule has 0 bridgehead atoms. The fraction of sp³-hybridized carbons (Fsp3) is 0.375. The van der Waals surface area contributed by atoms with Gasteiger partial charge in [-0.05, 0) is 0 Å². The molecule has 3 heteroatoms. The van der Waals surface area contributed by atoms with Gasteiger partial charge >= 0.3 is 65.5 Å². The van der Waals surface area contributed by atoms with Gasteiger partial charge < -0.3 is 0 Å². The maximum atomic E-state index is 5.38. The van der Waals surface area contributed by atoms with Crippen LogP contribution in [0.1, 0.15) is 5.46 Å². The molecule has 1 aliphatic rings. The molecule has 0 radical (unpaired) electrons. The van der Waals surface area contributed by atoms with Gasteiger partial charge in [-0.25, -0.2) is 0 Å². The number of rotatable bonds is 0. The van der Waals surface area contributed by atoms with Crippen LogP contribution < -0.4 is 9.47 Å². The fourth-order valence-electron chi connectivity index (χ4n) is 1.15. The molecule has 1 aliphatic heterocycles. The molecule has 1 aromatic rings. The second-order valence-electron chi connectivity index (χ2n) is 2.65. The van der Waals surface area contributed by atoms with E-state index in [-0.39, 0.29) is 0 Å². The van der Waals surface area contributed by atoms with Crippen molar-refractivity contribution in [3.8, 4) is 11.5 Å². The Hall–Kier alpha value is -0.985. The minimum atomic E-state index is 0.663. The van der Waals surface area contributed by atoms with E-state index in [0.29, 0.717) is 13.2 Å². The number of ether oxygens (including phenoxy) is 2. The predicted molar refractivity (Wildman–Crippen MR) is 43.5 cm³/mol. The fourth-order valence-corrected chi connectivity index (χ4v) is 1.15. The van der Waals surface area contributed by atoms with Crippen molar-refractivity contribution in [2.24, 2.45) is 0 Å². The Morgan fingerprint density at radius 3 is 2.82 bits per heavy atom. The topological polar surface area (TPSA) is 18.5 Å². The van der Waals surface area contributed by atoms with E-state index in [0.717, 1.165) is 11.5 Å². The van der Waals surface area contributed by atoms with Crippen LogP contribution in [-0.2, 0) is 0 Å².